The summed E-state index contributed by atoms with van der Waals surface area (Å²) in [5.74, 6) is 0.352. The first-order valence-corrected chi connectivity index (χ1v) is 6.35. The molecule has 0 bridgehead atoms. The highest BCUT2D eigenvalue weighted by atomic mass is 19.1. The maximum absolute atomic E-state index is 13.0. The van der Waals surface area contributed by atoms with Crippen LogP contribution in [0.3, 0.4) is 0 Å². The number of pyridine rings is 1. The lowest BCUT2D eigenvalue weighted by Crippen LogP contribution is -2.23. The second-order valence-electron chi connectivity index (χ2n) is 4.89. The number of carbonyl (C=O) groups is 1. The summed E-state index contributed by atoms with van der Waals surface area (Å²) >= 11 is 0. The lowest BCUT2D eigenvalue weighted by molar-refractivity contribution is 0.0861. The molecule has 0 aromatic carbocycles. The third-order valence-electron chi connectivity index (χ3n) is 3.72. The molecule has 3 heteroatoms. The fourth-order valence-electron chi connectivity index (χ4n) is 2.68. The fraction of sp³-hybridized carbons (Fsp3) is 0.571. The van der Waals surface area contributed by atoms with Crippen LogP contribution in [-0.4, -0.2) is 10.8 Å². The van der Waals surface area contributed by atoms with Gasteiger partial charge in [0.05, 0.1) is 6.20 Å². The molecule has 2 unspecified atom stereocenters. The lowest BCUT2D eigenvalue weighted by atomic mass is 9.77. The summed E-state index contributed by atoms with van der Waals surface area (Å²) in [6, 6.07) is 1.30. The molecule has 0 N–H and O–H groups in total. The van der Waals surface area contributed by atoms with Gasteiger partial charge in [0.25, 0.3) is 0 Å². The van der Waals surface area contributed by atoms with Crippen LogP contribution in [0, 0.1) is 17.7 Å². The van der Waals surface area contributed by atoms with Crippen LogP contribution in [0.25, 0.3) is 0 Å². The molecule has 0 aliphatic heterocycles. The first-order chi connectivity index (χ1) is 8.20. The molecule has 2 rings (SSSR count). The van der Waals surface area contributed by atoms with E-state index in [2.05, 4.69) is 11.9 Å². The predicted molar refractivity (Wildman–Crippen MR) is 64.3 cm³/mol. The monoisotopic (exact) mass is 235 g/mol. The van der Waals surface area contributed by atoms with Gasteiger partial charge in [-0.05, 0) is 24.8 Å². The molecule has 0 saturated heterocycles. The van der Waals surface area contributed by atoms with Gasteiger partial charge < -0.3 is 0 Å². The van der Waals surface area contributed by atoms with Crippen molar-refractivity contribution >= 4 is 5.78 Å². The highest BCUT2D eigenvalue weighted by Crippen LogP contribution is 2.32. The standard InChI is InChI=1S/C14H18FNO/c1-2-10-4-3-5-11(6-10)14(17)12-7-13(15)9-16-8-12/h7-11H,2-6H2,1H3. The molecule has 1 aromatic heterocycles. The molecule has 1 heterocycles. The number of Topliss-reactive ketones (excluding diaryl/α,β-unsaturated/α-hetero) is 1. The third-order valence-corrected chi connectivity index (χ3v) is 3.72. The zero-order valence-electron chi connectivity index (χ0n) is 10.2. The second-order valence-corrected chi connectivity index (χ2v) is 4.89. The average molecular weight is 235 g/mol. The minimum atomic E-state index is -0.432. The largest absolute Gasteiger partial charge is 0.294 e. The molecule has 1 saturated carbocycles. The van der Waals surface area contributed by atoms with E-state index in [1.54, 1.807) is 0 Å². The van der Waals surface area contributed by atoms with Crippen molar-refractivity contribution in [3.63, 3.8) is 0 Å². The highest BCUT2D eigenvalue weighted by molar-refractivity contribution is 5.97. The Labute approximate surface area is 101 Å². The van der Waals surface area contributed by atoms with Crippen LogP contribution in [0.2, 0.25) is 0 Å². The number of carbonyl (C=O) groups excluding carboxylic acids is 1. The summed E-state index contributed by atoms with van der Waals surface area (Å²) in [4.78, 5) is 16.0. The van der Waals surface area contributed by atoms with Crippen molar-refractivity contribution in [3.05, 3.63) is 29.8 Å². The van der Waals surface area contributed by atoms with Gasteiger partial charge in [0.2, 0.25) is 0 Å². The summed E-state index contributed by atoms with van der Waals surface area (Å²) in [5, 5.41) is 0. The number of nitrogens with zero attached hydrogens (tertiary/aromatic N) is 1. The smallest absolute Gasteiger partial charge is 0.167 e. The molecule has 1 fully saturated rings. The van der Waals surface area contributed by atoms with E-state index in [4.69, 9.17) is 0 Å². The quantitative estimate of drug-likeness (QED) is 0.749. The van der Waals surface area contributed by atoms with Crippen LogP contribution in [0.15, 0.2) is 18.5 Å². The Morgan fingerprint density at radius 1 is 1.47 bits per heavy atom. The molecule has 1 aromatic rings. The van der Waals surface area contributed by atoms with Crippen molar-refractivity contribution in [2.24, 2.45) is 11.8 Å². The SMILES string of the molecule is CCC1CCCC(C(=O)c2cncc(F)c2)C1. The van der Waals surface area contributed by atoms with Crippen LogP contribution in [-0.2, 0) is 0 Å². The molecular formula is C14H18FNO. The topological polar surface area (TPSA) is 30.0 Å². The summed E-state index contributed by atoms with van der Waals surface area (Å²) in [6.07, 6.45) is 7.95. The first-order valence-electron chi connectivity index (χ1n) is 6.35. The average Bonchev–Trinajstić information content (AvgIpc) is 2.38. The molecule has 0 spiro atoms. The van der Waals surface area contributed by atoms with Crippen molar-refractivity contribution in [1.29, 1.82) is 0 Å². The van der Waals surface area contributed by atoms with E-state index in [9.17, 15) is 9.18 Å². The zero-order chi connectivity index (χ0) is 12.3. The van der Waals surface area contributed by atoms with Gasteiger partial charge in [-0.3, -0.25) is 9.78 Å². The van der Waals surface area contributed by atoms with Gasteiger partial charge in [-0.25, -0.2) is 4.39 Å². The van der Waals surface area contributed by atoms with Gasteiger partial charge in [0, 0.05) is 17.7 Å². The minimum absolute atomic E-state index is 0.0650. The van der Waals surface area contributed by atoms with Crippen LogP contribution in [0.1, 0.15) is 49.4 Å². The number of halogens is 1. The molecule has 1 aliphatic rings. The Hall–Kier alpha value is -1.25. The molecule has 92 valence electrons. The molecule has 1 aliphatic carbocycles. The Morgan fingerprint density at radius 2 is 2.29 bits per heavy atom. The second kappa shape index (κ2) is 5.39. The number of hydrogen-bond donors (Lipinski definition) is 0. The summed E-state index contributed by atoms with van der Waals surface area (Å²) in [7, 11) is 0. The van der Waals surface area contributed by atoms with Gasteiger partial charge in [-0.15, -0.1) is 0 Å². The highest BCUT2D eigenvalue weighted by Gasteiger charge is 2.27. The van der Waals surface area contributed by atoms with E-state index < -0.39 is 5.82 Å². The van der Waals surface area contributed by atoms with E-state index in [0.29, 0.717) is 11.5 Å². The van der Waals surface area contributed by atoms with Crippen LogP contribution in [0.4, 0.5) is 4.39 Å². The van der Waals surface area contributed by atoms with Gasteiger partial charge >= 0.3 is 0 Å². The van der Waals surface area contributed by atoms with E-state index in [1.807, 2.05) is 0 Å². The van der Waals surface area contributed by atoms with Crippen molar-refractivity contribution < 1.29 is 9.18 Å². The number of rotatable bonds is 3. The summed E-state index contributed by atoms with van der Waals surface area (Å²) in [6.45, 7) is 2.17. The fourth-order valence-corrected chi connectivity index (χ4v) is 2.68. The van der Waals surface area contributed by atoms with Gasteiger partial charge in [0.15, 0.2) is 5.78 Å². The first kappa shape index (κ1) is 12.2. The van der Waals surface area contributed by atoms with E-state index in [1.165, 1.54) is 18.7 Å². The molecule has 17 heavy (non-hydrogen) atoms. The Morgan fingerprint density at radius 3 is 3.00 bits per heavy atom. The van der Waals surface area contributed by atoms with Crippen molar-refractivity contribution in [1.82, 2.24) is 4.98 Å². The number of hydrogen-bond acceptors (Lipinski definition) is 2. The van der Waals surface area contributed by atoms with Gasteiger partial charge in [0.1, 0.15) is 5.82 Å². The number of aromatic nitrogens is 1. The van der Waals surface area contributed by atoms with Crippen LogP contribution < -0.4 is 0 Å². The molecular weight excluding hydrogens is 217 g/mol. The van der Waals surface area contributed by atoms with Crippen LogP contribution >= 0.6 is 0 Å². The molecule has 2 atom stereocenters. The van der Waals surface area contributed by atoms with E-state index >= 15 is 0 Å². The van der Waals surface area contributed by atoms with Crippen LogP contribution in [0.5, 0.6) is 0 Å². The van der Waals surface area contributed by atoms with E-state index in [0.717, 1.165) is 31.9 Å². The number of ketones is 1. The predicted octanol–water partition coefficient (Wildman–Crippen LogP) is 3.62. The summed E-state index contributed by atoms with van der Waals surface area (Å²) in [5.41, 5.74) is 0.423. The molecule has 0 radical (unpaired) electrons. The molecule has 0 amide bonds. The third kappa shape index (κ3) is 2.90. The lowest BCUT2D eigenvalue weighted by Gasteiger charge is -2.27. The van der Waals surface area contributed by atoms with Crippen molar-refractivity contribution in [2.45, 2.75) is 39.0 Å². The Balaban J connectivity index is 2.09. The summed E-state index contributed by atoms with van der Waals surface area (Å²) < 4.78 is 13.0. The minimum Gasteiger partial charge on any atom is -0.294 e. The maximum Gasteiger partial charge on any atom is 0.167 e. The zero-order valence-corrected chi connectivity index (χ0v) is 10.2. The van der Waals surface area contributed by atoms with Gasteiger partial charge in [-0.2, -0.15) is 0 Å². The Bertz CT molecular complexity index is 405. The van der Waals surface area contributed by atoms with E-state index in [-0.39, 0.29) is 11.7 Å². The Kier molecular flexibility index (Phi) is 3.87. The maximum atomic E-state index is 13.0. The normalized spacial score (nSPS) is 24.6. The van der Waals surface area contributed by atoms with Crippen molar-refractivity contribution in [3.8, 4) is 0 Å². The van der Waals surface area contributed by atoms with Gasteiger partial charge in [-0.1, -0.05) is 26.2 Å². The van der Waals surface area contributed by atoms with Crippen molar-refractivity contribution in [2.75, 3.05) is 0 Å². The molecule has 2 nitrogen and oxygen atoms in total.